The fourth-order valence-corrected chi connectivity index (χ4v) is 3.02. The van der Waals surface area contributed by atoms with Crippen molar-refractivity contribution < 1.29 is 13.6 Å². The number of amides is 1. The fourth-order valence-electron chi connectivity index (χ4n) is 3.02. The van der Waals surface area contributed by atoms with Crippen LogP contribution in [-0.4, -0.2) is 45.1 Å². The van der Waals surface area contributed by atoms with Gasteiger partial charge in [0.05, 0.1) is 24.4 Å². The van der Waals surface area contributed by atoms with E-state index in [1.807, 2.05) is 30.3 Å². The summed E-state index contributed by atoms with van der Waals surface area (Å²) in [6.45, 7) is 0. The fraction of sp³-hybridized carbons (Fsp3) is 0.0870. The minimum atomic E-state index is -0.181. The molecule has 0 aliphatic rings. The Morgan fingerprint density at radius 1 is 1.00 bits per heavy atom. The van der Waals surface area contributed by atoms with Gasteiger partial charge in [0.2, 0.25) is 5.89 Å². The molecule has 0 unspecified atom stereocenters. The summed E-state index contributed by atoms with van der Waals surface area (Å²) in [5.41, 5.74) is 3.21. The van der Waals surface area contributed by atoms with E-state index in [9.17, 15) is 9.18 Å². The van der Waals surface area contributed by atoms with Crippen LogP contribution in [0.2, 0.25) is 0 Å². The smallest absolute Gasteiger partial charge is 0.268 e. The van der Waals surface area contributed by atoms with Crippen molar-refractivity contribution in [3.05, 3.63) is 78.4 Å². The predicted molar refractivity (Wildman–Crippen MR) is 114 cm³/mol. The molecule has 2 heterocycles. The summed E-state index contributed by atoms with van der Waals surface area (Å²) in [4.78, 5) is 22.5. The van der Waals surface area contributed by atoms with E-state index < -0.39 is 0 Å². The summed E-state index contributed by atoms with van der Waals surface area (Å²) >= 11 is 0. The summed E-state index contributed by atoms with van der Waals surface area (Å²) in [6.07, 6.45) is 4.76. The molecular weight excluding hydrogens is 397 g/mol. The first-order valence-corrected chi connectivity index (χ1v) is 9.41. The van der Waals surface area contributed by atoms with Crippen LogP contribution in [0.1, 0.15) is 15.9 Å². The molecule has 0 aliphatic heterocycles. The van der Waals surface area contributed by atoms with Crippen LogP contribution < -0.4 is 0 Å². The molecule has 8 heteroatoms. The van der Waals surface area contributed by atoms with Crippen LogP contribution in [0.25, 0.3) is 40.4 Å². The molecule has 0 N–H and O–H groups in total. The molecule has 0 spiro atoms. The molecule has 2 aromatic carbocycles. The zero-order valence-electron chi connectivity index (χ0n) is 16.9. The molecule has 154 valence electrons. The Morgan fingerprint density at radius 2 is 1.74 bits per heavy atom. The van der Waals surface area contributed by atoms with Gasteiger partial charge in [-0.2, -0.15) is 0 Å². The van der Waals surface area contributed by atoms with Crippen LogP contribution in [0.4, 0.5) is 4.39 Å². The highest BCUT2D eigenvalue weighted by atomic mass is 19.1. The number of hydrogen-bond acceptors (Lipinski definition) is 6. The largest absolute Gasteiger partial charge is 0.415 e. The van der Waals surface area contributed by atoms with Gasteiger partial charge in [-0.25, -0.2) is 9.37 Å². The standard InChI is InChI=1S/C23H18FN5O2/c1-29(2)23(30)17-8-9-18(16(12-17)10-11-24)19-13-25-14-20(26-19)22-28-27-21(31-22)15-6-4-3-5-7-15/h3-14H,1-2H3. The molecule has 1 amide bonds. The Morgan fingerprint density at radius 3 is 2.48 bits per heavy atom. The molecule has 0 fully saturated rings. The lowest BCUT2D eigenvalue weighted by atomic mass is 10.0. The third kappa shape index (κ3) is 4.23. The SMILES string of the molecule is CN(C)C(=O)c1ccc(-c2cncc(-c3nnc(-c4ccccc4)o3)n2)c(C=CF)c1. The van der Waals surface area contributed by atoms with E-state index in [0.717, 1.165) is 5.56 Å². The second kappa shape index (κ2) is 8.66. The van der Waals surface area contributed by atoms with Gasteiger partial charge < -0.3 is 9.32 Å². The third-order valence-corrected chi connectivity index (χ3v) is 4.52. The van der Waals surface area contributed by atoms with Gasteiger partial charge in [0.25, 0.3) is 11.8 Å². The highest BCUT2D eigenvalue weighted by Gasteiger charge is 2.16. The molecule has 31 heavy (non-hydrogen) atoms. The first kappa shape index (κ1) is 20.1. The molecule has 0 bridgehead atoms. The van der Waals surface area contributed by atoms with Gasteiger partial charge in [-0.1, -0.05) is 24.3 Å². The first-order valence-electron chi connectivity index (χ1n) is 9.41. The lowest BCUT2D eigenvalue weighted by Crippen LogP contribution is -2.21. The van der Waals surface area contributed by atoms with Crippen LogP contribution in [0.5, 0.6) is 0 Å². The summed E-state index contributed by atoms with van der Waals surface area (Å²) in [6, 6.07) is 14.4. The Hall–Kier alpha value is -4.20. The normalized spacial score (nSPS) is 11.1. The molecule has 0 atom stereocenters. The maximum atomic E-state index is 13.0. The van der Waals surface area contributed by atoms with Gasteiger partial charge in [0.15, 0.2) is 0 Å². The molecule has 0 saturated carbocycles. The average molecular weight is 415 g/mol. The minimum Gasteiger partial charge on any atom is -0.415 e. The van der Waals surface area contributed by atoms with E-state index >= 15 is 0 Å². The number of aromatic nitrogens is 4. The molecular formula is C23H18FN5O2. The molecule has 4 rings (SSSR count). The molecule has 0 saturated heterocycles. The van der Waals surface area contributed by atoms with E-state index in [0.29, 0.717) is 40.3 Å². The van der Waals surface area contributed by atoms with Crippen LogP contribution in [0.15, 0.2) is 71.7 Å². The highest BCUT2D eigenvalue weighted by molar-refractivity contribution is 5.95. The van der Waals surface area contributed by atoms with Crippen LogP contribution in [0.3, 0.4) is 0 Å². The number of carbonyl (C=O) groups is 1. The maximum Gasteiger partial charge on any atom is 0.268 e. The van der Waals surface area contributed by atoms with Gasteiger partial charge in [-0.3, -0.25) is 9.78 Å². The topological polar surface area (TPSA) is 85.0 Å². The Bertz CT molecular complexity index is 1250. The second-order valence-electron chi connectivity index (χ2n) is 6.86. The van der Waals surface area contributed by atoms with Crippen LogP contribution >= 0.6 is 0 Å². The van der Waals surface area contributed by atoms with E-state index in [4.69, 9.17) is 4.42 Å². The molecule has 0 aliphatic carbocycles. The van der Waals surface area contributed by atoms with Crippen molar-refractivity contribution in [3.63, 3.8) is 0 Å². The van der Waals surface area contributed by atoms with Gasteiger partial charge in [0.1, 0.15) is 5.69 Å². The second-order valence-corrected chi connectivity index (χ2v) is 6.86. The molecule has 7 nitrogen and oxygen atoms in total. The van der Waals surface area contributed by atoms with E-state index in [1.165, 1.54) is 17.2 Å². The van der Waals surface area contributed by atoms with E-state index in [1.54, 1.807) is 38.5 Å². The van der Waals surface area contributed by atoms with E-state index in [2.05, 4.69) is 20.2 Å². The van der Waals surface area contributed by atoms with E-state index in [-0.39, 0.29) is 11.8 Å². The summed E-state index contributed by atoms with van der Waals surface area (Å²) in [5.74, 6) is 0.407. The van der Waals surface area contributed by atoms with Crippen molar-refractivity contribution in [2.75, 3.05) is 14.1 Å². The number of nitrogens with zero attached hydrogens (tertiary/aromatic N) is 5. The summed E-state index contributed by atoms with van der Waals surface area (Å²) in [7, 11) is 3.31. The third-order valence-electron chi connectivity index (χ3n) is 4.52. The van der Waals surface area contributed by atoms with Crippen molar-refractivity contribution in [3.8, 4) is 34.3 Å². The number of benzene rings is 2. The first-order chi connectivity index (χ1) is 15.1. The highest BCUT2D eigenvalue weighted by Crippen LogP contribution is 2.28. The minimum absolute atomic E-state index is 0.181. The monoisotopic (exact) mass is 415 g/mol. The van der Waals surface area contributed by atoms with Crippen LogP contribution in [0, 0.1) is 0 Å². The average Bonchev–Trinajstić information content (AvgIpc) is 3.30. The molecule has 4 aromatic rings. The zero-order chi connectivity index (χ0) is 21.8. The maximum absolute atomic E-state index is 13.0. The summed E-state index contributed by atoms with van der Waals surface area (Å²) < 4.78 is 18.8. The zero-order valence-corrected chi connectivity index (χ0v) is 16.9. The predicted octanol–water partition coefficient (Wildman–Crippen LogP) is 4.50. The lowest BCUT2D eigenvalue weighted by molar-refractivity contribution is 0.0827. The molecule has 0 radical (unpaired) electrons. The van der Waals surface area contributed by atoms with Gasteiger partial charge in [-0.15, -0.1) is 10.2 Å². The van der Waals surface area contributed by atoms with Crippen molar-refractivity contribution >= 4 is 12.0 Å². The van der Waals surface area contributed by atoms with Crippen LogP contribution in [-0.2, 0) is 0 Å². The molecule has 2 aromatic heterocycles. The van der Waals surface area contributed by atoms with Gasteiger partial charge in [-0.05, 0) is 35.9 Å². The number of hydrogen-bond donors (Lipinski definition) is 0. The van der Waals surface area contributed by atoms with Crippen molar-refractivity contribution in [2.24, 2.45) is 0 Å². The lowest BCUT2D eigenvalue weighted by Gasteiger charge is -2.12. The Balaban J connectivity index is 1.72. The quantitative estimate of drug-likeness (QED) is 0.477. The van der Waals surface area contributed by atoms with Gasteiger partial charge in [0, 0.05) is 30.8 Å². The number of carbonyl (C=O) groups excluding carboxylic acids is 1. The Kier molecular flexibility index (Phi) is 5.61. The van der Waals surface area contributed by atoms with Gasteiger partial charge >= 0.3 is 0 Å². The number of rotatable bonds is 5. The van der Waals surface area contributed by atoms with Crippen molar-refractivity contribution in [1.82, 2.24) is 25.1 Å². The summed E-state index contributed by atoms with van der Waals surface area (Å²) in [5, 5.41) is 8.14. The number of halogens is 1. The van der Waals surface area contributed by atoms with Crippen molar-refractivity contribution in [2.45, 2.75) is 0 Å². The Labute approximate surface area is 177 Å². The van der Waals surface area contributed by atoms with Crippen molar-refractivity contribution in [1.29, 1.82) is 0 Å².